The molecule has 2 rings (SSSR count). The Labute approximate surface area is 100.0 Å². The van der Waals surface area contributed by atoms with Gasteiger partial charge in [-0.1, -0.05) is 55.4 Å². The molecule has 2 atom stereocenters. The van der Waals surface area contributed by atoms with Crippen LogP contribution in [0.1, 0.15) is 61.8 Å². The van der Waals surface area contributed by atoms with Crippen molar-refractivity contribution in [2.45, 2.75) is 61.8 Å². The van der Waals surface area contributed by atoms with Crippen LogP contribution in [0, 0.1) is 27.1 Å². The average Bonchev–Trinajstić information content (AvgIpc) is 2.83. The maximum absolute atomic E-state index is 12.3. The van der Waals surface area contributed by atoms with Crippen molar-refractivity contribution in [3.8, 4) is 0 Å². The zero-order valence-corrected chi connectivity index (χ0v) is 12.1. The molecule has 0 saturated heterocycles. The summed E-state index contributed by atoms with van der Waals surface area (Å²) in [6, 6.07) is 0. The second-order valence-electron chi connectivity index (χ2n) is 8.44. The Hall–Kier alpha value is -0.330. The molecule has 2 saturated carbocycles. The summed E-state index contributed by atoms with van der Waals surface area (Å²) in [5, 5.41) is 0. The van der Waals surface area contributed by atoms with Crippen molar-refractivity contribution in [1.82, 2.24) is 0 Å². The predicted molar refractivity (Wildman–Crippen MR) is 67.2 cm³/mol. The first-order chi connectivity index (χ1) is 6.86. The maximum Gasteiger partial charge on any atom is 0.148 e. The molecule has 2 aliphatic rings. The van der Waals surface area contributed by atoms with Gasteiger partial charge in [0.2, 0.25) is 0 Å². The van der Waals surface area contributed by atoms with E-state index in [0.29, 0.717) is 5.78 Å². The lowest BCUT2D eigenvalue weighted by Gasteiger charge is -2.41. The molecule has 0 aromatic carbocycles. The highest BCUT2D eigenvalue weighted by Gasteiger charge is 2.99. The minimum Gasteiger partial charge on any atom is -0.298 e. The molecule has 0 spiro atoms. The van der Waals surface area contributed by atoms with Crippen molar-refractivity contribution >= 4 is 5.78 Å². The van der Waals surface area contributed by atoms with E-state index in [2.05, 4.69) is 55.4 Å². The van der Waals surface area contributed by atoms with Crippen molar-refractivity contribution in [2.75, 3.05) is 0 Å². The quantitative estimate of drug-likeness (QED) is 0.654. The Morgan fingerprint density at radius 2 is 1.31 bits per heavy atom. The number of hydrogen-bond acceptors (Lipinski definition) is 1. The second kappa shape index (κ2) is 2.42. The van der Waals surface area contributed by atoms with Crippen molar-refractivity contribution in [1.29, 1.82) is 0 Å². The van der Waals surface area contributed by atoms with Crippen molar-refractivity contribution in [2.24, 2.45) is 27.1 Å². The molecule has 1 nitrogen and oxygen atoms in total. The number of rotatable bonds is 1. The van der Waals surface area contributed by atoms with Gasteiger partial charge in [-0.15, -0.1) is 0 Å². The zero-order valence-electron chi connectivity index (χ0n) is 12.1. The predicted octanol–water partition coefficient (Wildman–Crippen LogP) is 4.06. The number of carbonyl (C=O) groups excluding carboxylic acids is 1. The van der Waals surface area contributed by atoms with E-state index in [1.165, 1.54) is 0 Å². The first-order valence-corrected chi connectivity index (χ1v) is 6.41. The van der Waals surface area contributed by atoms with Crippen LogP contribution in [0.25, 0.3) is 0 Å². The van der Waals surface area contributed by atoms with Gasteiger partial charge in [-0.2, -0.15) is 0 Å². The van der Waals surface area contributed by atoms with Crippen LogP contribution in [0.2, 0.25) is 0 Å². The summed E-state index contributed by atoms with van der Waals surface area (Å²) < 4.78 is 0. The number of Topliss-reactive ketones (excluding diaryl/α,β-unsaturated/α-hetero) is 1. The molecule has 0 heterocycles. The summed E-state index contributed by atoms with van der Waals surface area (Å²) in [5.74, 6) is 0.535. The maximum atomic E-state index is 12.3. The molecule has 92 valence electrons. The number of carbonyl (C=O) groups is 1. The van der Waals surface area contributed by atoms with Crippen LogP contribution < -0.4 is 0 Å². The molecular weight excluding hydrogens is 196 g/mol. The molecule has 0 aromatic heterocycles. The first-order valence-electron chi connectivity index (χ1n) is 6.41. The molecule has 0 aromatic rings. The van der Waals surface area contributed by atoms with Crippen LogP contribution in [0.3, 0.4) is 0 Å². The Bertz CT molecular complexity index is 364. The Morgan fingerprint density at radius 1 is 0.875 bits per heavy atom. The van der Waals surface area contributed by atoms with Gasteiger partial charge in [0, 0.05) is 10.8 Å². The smallest absolute Gasteiger partial charge is 0.148 e. The normalized spacial score (nSPS) is 38.4. The Balaban J connectivity index is 2.40. The monoisotopic (exact) mass is 222 g/mol. The second-order valence-corrected chi connectivity index (χ2v) is 8.44. The van der Waals surface area contributed by atoms with Crippen molar-refractivity contribution in [3.63, 3.8) is 0 Å². The van der Waals surface area contributed by atoms with Gasteiger partial charge in [0.15, 0.2) is 0 Å². The van der Waals surface area contributed by atoms with E-state index in [1.807, 2.05) is 0 Å². The van der Waals surface area contributed by atoms with E-state index in [1.54, 1.807) is 0 Å². The third-order valence-corrected chi connectivity index (χ3v) is 6.07. The minimum absolute atomic E-state index is 0.00347. The van der Waals surface area contributed by atoms with Crippen molar-refractivity contribution < 1.29 is 4.79 Å². The van der Waals surface area contributed by atoms with Gasteiger partial charge < -0.3 is 0 Å². The standard InChI is InChI=1S/C15H26O/c1-11(2,3)13(7,8)15-9-14(15,10(15)16)12(4,5)6/h9H2,1-8H3/t14-,15+/m0/s1. The molecule has 0 aliphatic heterocycles. The van der Waals surface area contributed by atoms with Crippen LogP contribution in [0.5, 0.6) is 0 Å². The fourth-order valence-electron chi connectivity index (χ4n) is 3.81. The van der Waals surface area contributed by atoms with Gasteiger partial charge >= 0.3 is 0 Å². The molecule has 0 N–H and O–H groups in total. The fourth-order valence-corrected chi connectivity index (χ4v) is 3.81. The summed E-state index contributed by atoms with van der Waals surface area (Å²) in [7, 11) is 0. The van der Waals surface area contributed by atoms with Crippen LogP contribution >= 0.6 is 0 Å². The Kier molecular flexibility index (Phi) is 1.83. The lowest BCUT2D eigenvalue weighted by atomic mass is 9.62. The summed E-state index contributed by atoms with van der Waals surface area (Å²) >= 11 is 0. The molecule has 1 heteroatoms. The molecule has 16 heavy (non-hydrogen) atoms. The lowest BCUT2D eigenvalue weighted by Crippen LogP contribution is -2.36. The third-order valence-electron chi connectivity index (χ3n) is 6.07. The fraction of sp³-hybridized carbons (Fsp3) is 0.933. The SMILES string of the molecule is CC(C)(C)C(C)(C)[C@]12C[C@@]1(C(C)(C)C)C2=O. The van der Waals surface area contributed by atoms with Crippen LogP contribution in [-0.4, -0.2) is 5.78 Å². The van der Waals surface area contributed by atoms with E-state index < -0.39 is 0 Å². The summed E-state index contributed by atoms with van der Waals surface area (Å²) in [4.78, 5) is 12.3. The molecule has 2 fully saturated rings. The first kappa shape index (κ1) is 12.1. The molecule has 0 bridgehead atoms. The van der Waals surface area contributed by atoms with Gasteiger partial charge in [0.1, 0.15) is 5.78 Å². The highest BCUT2D eigenvalue weighted by atomic mass is 16.2. The highest BCUT2D eigenvalue weighted by Crippen LogP contribution is 2.94. The van der Waals surface area contributed by atoms with Gasteiger partial charge in [-0.05, 0) is 22.7 Å². The zero-order chi connectivity index (χ0) is 12.8. The van der Waals surface area contributed by atoms with E-state index in [9.17, 15) is 4.79 Å². The molecule has 0 radical (unpaired) electrons. The van der Waals surface area contributed by atoms with E-state index >= 15 is 0 Å². The molecule has 0 amide bonds. The molecule has 2 aliphatic carbocycles. The highest BCUT2D eigenvalue weighted by molar-refractivity contribution is 6.17. The third kappa shape index (κ3) is 0.889. The van der Waals surface area contributed by atoms with Crippen molar-refractivity contribution in [3.05, 3.63) is 0 Å². The Morgan fingerprint density at radius 3 is 1.50 bits per heavy atom. The van der Waals surface area contributed by atoms with Crippen LogP contribution in [0.4, 0.5) is 0 Å². The van der Waals surface area contributed by atoms with Crippen LogP contribution in [-0.2, 0) is 4.79 Å². The summed E-state index contributed by atoms with van der Waals surface area (Å²) in [6.45, 7) is 18.0. The number of fused-ring (bicyclic) bond motifs is 1. The largest absolute Gasteiger partial charge is 0.298 e. The van der Waals surface area contributed by atoms with E-state index in [0.717, 1.165) is 6.42 Å². The topological polar surface area (TPSA) is 17.1 Å². The minimum atomic E-state index is -0.00347. The number of hydrogen-bond donors (Lipinski definition) is 0. The summed E-state index contributed by atoms with van der Waals surface area (Å²) in [5.41, 5.74) is 0.427. The van der Waals surface area contributed by atoms with Crippen LogP contribution in [0.15, 0.2) is 0 Å². The van der Waals surface area contributed by atoms with E-state index in [4.69, 9.17) is 0 Å². The molecular formula is C15H26O. The average molecular weight is 222 g/mol. The van der Waals surface area contributed by atoms with Gasteiger partial charge in [-0.25, -0.2) is 0 Å². The van der Waals surface area contributed by atoms with E-state index in [-0.39, 0.29) is 27.1 Å². The van der Waals surface area contributed by atoms with Gasteiger partial charge in [0.25, 0.3) is 0 Å². The lowest BCUT2D eigenvalue weighted by molar-refractivity contribution is -0.121. The molecule has 0 unspecified atom stereocenters. The van der Waals surface area contributed by atoms with Gasteiger partial charge in [0.05, 0.1) is 0 Å². The van der Waals surface area contributed by atoms with Gasteiger partial charge in [-0.3, -0.25) is 4.79 Å². The number of ketones is 1. The summed E-state index contributed by atoms with van der Waals surface area (Å²) in [6.07, 6.45) is 1.12.